The number of carbonyl (C=O) groups is 2. The Hall–Kier alpha value is -3.62. The van der Waals surface area contributed by atoms with Gasteiger partial charge in [-0.05, 0) is 82.2 Å². The van der Waals surface area contributed by atoms with Gasteiger partial charge in [0.05, 0.1) is 11.4 Å². The van der Waals surface area contributed by atoms with Gasteiger partial charge in [-0.15, -0.1) is 0 Å². The van der Waals surface area contributed by atoms with Crippen LogP contribution in [0, 0.1) is 0 Å². The maximum Gasteiger partial charge on any atom is 0.251 e. The van der Waals surface area contributed by atoms with Crippen molar-refractivity contribution in [3.05, 3.63) is 72.1 Å². The first-order valence-corrected chi connectivity index (χ1v) is 13.7. The number of carbonyl (C=O) groups excluding carboxylic acids is 2. The lowest BCUT2D eigenvalue weighted by molar-refractivity contribution is 0.0941. The Morgan fingerprint density at radius 2 is 1.03 bits per heavy atom. The third kappa shape index (κ3) is 6.82. The van der Waals surface area contributed by atoms with Crippen LogP contribution in [-0.2, 0) is 0 Å². The van der Waals surface area contributed by atoms with Crippen LogP contribution in [0.15, 0.2) is 60.9 Å². The summed E-state index contributed by atoms with van der Waals surface area (Å²) in [6.45, 7) is 7.64. The Bertz CT molecular complexity index is 1120. The molecule has 2 aliphatic heterocycles. The number of rotatable bonds is 10. The van der Waals surface area contributed by atoms with E-state index in [0.717, 1.165) is 61.8 Å². The van der Waals surface area contributed by atoms with Crippen LogP contribution in [-0.4, -0.2) is 83.9 Å². The monoisotopic (exact) mass is 512 g/mol. The molecule has 0 unspecified atom stereocenters. The standard InChI is InChI=1S/C30H36N6O2/c37-29(31-13-19-35-15-1-2-16-35)25-9-5-23(6-10-25)27-21-28(34-22-33-27)24-7-11-26(12-8-24)30(38)32-14-20-36-17-3-4-18-36/h5-12,21-22H,1-4,13-20H2,(H,31,37)(H,32,38). The first-order valence-electron chi connectivity index (χ1n) is 13.7. The fraction of sp³-hybridized carbons (Fsp3) is 0.400. The van der Waals surface area contributed by atoms with E-state index in [0.29, 0.717) is 24.2 Å². The first-order chi connectivity index (χ1) is 18.7. The fourth-order valence-corrected chi connectivity index (χ4v) is 5.13. The smallest absolute Gasteiger partial charge is 0.251 e. The van der Waals surface area contributed by atoms with Gasteiger partial charge >= 0.3 is 0 Å². The lowest BCUT2D eigenvalue weighted by Crippen LogP contribution is -2.33. The van der Waals surface area contributed by atoms with Gasteiger partial charge in [0.1, 0.15) is 6.33 Å². The summed E-state index contributed by atoms with van der Waals surface area (Å²) in [6.07, 6.45) is 6.55. The van der Waals surface area contributed by atoms with Crippen molar-refractivity contribution in [1.82, 2.24) is 30.4 Å². The van der Waals surface area contributed by atoms with Crippen molar-refractivity contribution in [2.45, 2.75) is 25.7 Å². The molecular weight excluding hydrogens is 476 g/mol. The lowest BCUT2D eigenvalue weighted by atomic mass is 10.0. The summed E-state index contributed by atoms with van der Waals surface area (Å²) >= 11 is 0. The van der Waals surface area contributed by atoms with E-state index in [-0.39, 0.29) is 11.8 Å². The summed E-state index contributed by atoms with van der Waals surface area (Å²) in [7, 11) is 0. The molecule has 0 atom stereocenters. The second-order valence-corrected chi connectivity index (χ2v) is 10.1. The molecule has 0 spiro atoms. The average molecular weight is 513 g/mol. The molecule has 2 aliphatic rings. The van der Waals surface area contributed by atoms with Crippen molar-refractivity contribution in [3.8, 4) is 22.5 Å². The van der Waals surface area contributed by atoms with Crippen LogP contribution in [0.25, 0.3) is 22.5 Å². The molecule has 3 aromatic rings. The van der Waals surface area contributed by atoms with Gasteiger partial charge in [0.15, 0.2) is 0 Å². The second-order valence-electron chi connectivity index (χ2n) is 10.1. The third-order valence-electron chi connectivity index (χ3n) is 7.38. The lowest BCUT2D eigenvalue weighted by Gasteiger charge is -2.14. The summed E-state index contributed by atoms with van der Waals surface area (Å²) < 4.78 is 0. The Labute approximate surface area is 224 Å². The number of likely N-dealkylation sites (tertiary alicyclic amines) is 2. The van der Waals surface area contributed by atoms with Gasteiger partial charge in [0.25, 0.3) is 11.8 Å². The molecule has 0 saturated carbocycles. The molecule has 2 fully saturated rings. The molecule has 8 heteroatoms. The van der Waals surface area contributed by atoms with Crippen molar-refractivity contribution in [3.63, 3.8) is 0 Å². The van der Waals surface area contributed by atoms with Crippen LogP contribution >= 0.6 is 0 Å². The Balaban J connectivity index is 1.16. The zero-order valence-electron chi connectivity index (χ0n) is 21.9. The number of benzene rings is 2. The summed E-state index contributed by atoms with van der Waals surface area (Å²) in [6, 6.07) is 16.9. The van der Waals surface area contributed by atoms with Crippen LogP contribution in [0.3, 0.4) is 0 Å². The van der Waals surface area contributed by atoms with Crippen LogP contribution in [0.2, 0.25) is 0 Å². The van der Waals surface area contributed by atoms with E-state index in [1.54, 1.807) is 6.33 Å². The van der Waals surface area contributed by atoms with E-state index in [1.807, 2.05) is 54.6 Å². The summed E-state index contributed by atoms with van der Waals surface area (Å²) in [5.41, 5.74) is 4.66. The van der Waals surface area contributed by atoms with Gasteiger partial charge in [-0.25, -0.2) is 9.97 Å². The molecular formula is C30H36N6O2. The normalized spacial score (nSPS) is 16.0. The topological polar surface area (TPSA) is 90.5 Å². The minimum Gasteiger partial charge on any atom is -0.351 e. The van der Waals surface area contributed by atoms with Crippen LogP contribution in [0.4, 0.5) is 0 Å². The number of hydrogen-bond donors (Lipinski definition) is 2. The molecule has 0 radical (unpaired) electrons. The molecule has 2 aromatic carbocycles. The number of amides is 2. The van der Waals surface area contributed by atoms with Crippen molar-refractivity contribution < 1.29 is 9.59 Å². The molecule has 1 aromatic heterocycles. The number of aromatic nitrogens is 2. The Morgan fingerprint density at radius 1 is 0.632 bits per heavy atom. The predicted octanol–water partition coefficient (Wildman–Crippen LogP) is 3.46. The minimum absolute atomic E-state index is 0.0562. The summed E-state index contributed by atoms with van der Waals surface area (Å²) in [5, 5.41) is 6.03. The van der Waals surface area contributed by atoms with E-state index in [9.17, 15) is 9.59 Å². The molecule has 5 rings (SSSR count). The van der Waals surface area contributed by atoms with E-state index in [1.165, 1.54) is 25.7 Å². The van der Waals surface area contributed by atoms with E-state index in [4.69, 9.17) is 0 Å². The molecule has 2 amide bonds. The quantitative estimate of drug-likeness (QED) is 0.432. The molecule has 3 heterocycles. The van der Waals surface area contributed by atoms with Crippen LogP contribution < -0.4 is 10.6 Å². The number of nitrogens with zero attached hydrogens (tertiary/aromatic N) is 4. The Morgan fingerprint density at radius 3 is 1.42 bits per heavy atom. The molecule has 2 N–H and O–H groups in total. The van der Waals surface area contributed by atoms with Gasteiger partial charge in [-0.3, -0.25) is 9.59 Å². The predicted molar refractivity (Wildman–Crippen MR) is 149 cm³/mol. The number of nitrogens with one attached hydrogen (secondary N) is 2. The molecule has 0 bridgehead atoms. The highest BCUT2D eigenvalue weighted by Crippen LogP contribution is 2.23. The SMILES string of the molecule is O=C(NCCN1CCCC1)c1ccc(-c2cc(-c3ccc(C(=O)NCCN4CCCC4)cc3)ncn2)cc1. The van der Waals surface area contributed by atoms with Crippen LogP contribution in [0.5, 0.6) is 0 Å². The zero-order chi connectivity index (χ0) is 26.2. The highest BCUT2D eigenvalue weighted by molar-refractivity contribution is 5.95. The van der Waals surface area contributed by atoms with Gasteiger partial charge in [-0.1, -0.05) is 24.3 Å². The first kappa shape index (κ1) is 26.0. The average Bonchev–Trinajstić information content (AvgIpc) is 3.68. The number of hydrogen-bond acceptors (Lipinski definition) is 6. The van der Waals surface area contributed by atoms with Gasteiger partial charge in [0, 0.05) is 48.4 Å². The largest absolute Gasteiger partial charge is 0.351 e. The Kier molecular flexibility index (Phi) is 8.73. The molecule has 198 valence electrons. The van der Waals surface area contributed by atoms with Crippen LogP contribution in [0.1, 0.15) is 46.4 Å². The van der Waals surface area contributed by atoms with E-state index >= 15 is 0 Å². The highest BCUT2D eigenvalue weighted by atomic mass is 16.2. The van der Waals surface area contributed by atoms with Crippen molar-refractivity contribution in [2.24, 2.45) is 0 Å². The van der Waals surface area contributed by atoms with Crippen molar-refractivity contribution >= 4 is 11.8 Å². The van der Waals surface area contributed by atoms with Crippen molar-refractivity contribution in [1.29, 1.82) is 0 Å². The fourth-order valence-electron chi connectivity index (χ4n) is 5.13. The molecule has 8 nitrogen and oxygen atoms in total. The van der Waals surface area contributed by atoms with Gasteiger partial charge in [0.2, 0.25) is 0 Å². The van der Waals surface area contributed by atoms with E-state index < -0.39 is 0 Å². The van der Waals surface area contributed by atoms with E-state index in [2.05, 4.69) is 30.4 Å². The molecule has 0 aliphatic carbocycles. The zero-order valence-corrected chi connectivity index (χ0v) is 21.9. The third-order valence-corrected chi connectivity index (χ3v) is 7.38. The maximum absolute atomic E-state index is 12.5. The molecule has 38 heavy (non-hydrogen) atoms. The van der Waals surface area contributed by atoms with Gasteiger partial charge < -0.3 is 20.4 Å². The second kappa shape index (κ2) is 12.8. The maximum atomic E-state index is 12.5. The summed E-state index contributed by atoms with van der Waals surface area (Å²) in [4.78, 5) is 38.7. The highest BCUT2D eigenvalue weighted by Gasteiger charge is 2.14. The van der Waals surface area contributed by atoms with Crippen molar-refractivity contribution in [2.75, 3.05) is 52.4 Å². The van der Waals surface area contributed by atoms with Gasteiger partial charge in [-0.2, -0.15) is 0 Å². The minimum atomic E-state index is -0.0562. The summed E-state index contributed by atoms with van der Waals surface area (Å²) in [5.74, 6) is -0.112. The molecule has 2 saturated heterocycles.